The summed E-state index contributed by atoms with van der Waals surface area (Å²) in [6.07, 6.45) is 5.15. The third kappa shape index (κ3) is 1.03. The maximum atomic E-state index is 3.89. The van der Waals surface area contributed by atoms with Crippen LogP contribution < -0.4 is 4.90 Å². The lowest BCUT2D eigenvalue weighted by Crippen LogP contribution is -2.10. The average molecular weight is 144 g/mol. The van der Waals surface area contributed by atoms with Crippen molar-refractivity contribution in [2.75, 3.05) is 4.90 Å². The Bertz CT molecular complexity index is 289. The second-order valence-corrected chi connectivity index (χ2v) is 2.69. The summed E-state index contributed by atoms with van der Waals surface area (Å²) in [6.45, 7) is 0. The highest BCUT2D eigenvalue weighted by Gasteiger charge is 2.06. The summed E-state index contributed by atoms with van der Waals surface area (Å²) in [6, 6.07) is 8.32. The van der Waals surface area contributed by atoms with E-state index in [0.29, 0.717) is 0 Å². The number of hydrogen-bond donors (Lipinski definition) is 0. The smallest absolute Gasteiger partial charge is 0.0442 e. The first-order chi connectivity index (χ1) is 5.38. The second-order valence-electron chi connectivity index (χ2n) is 2.69. The maximum Gasteiger partial charge on any atom is 0.0442 e. The molecule has 1 heteroatoms. The van der Waals surface area contributed by atoms with E-state index in [4.69, 9.17) is 0 Å². The molecule has 0 amide bonds. The molecule has 1 heterocycles. The van der Waals surface area contributed by atoms with Gasteiger partial charge in [0.2, 0.25) is 0 Å². The molecule has 11 heavy (non-hydrogen) atoms. The van der Waals surface area contributed by atoms with Crippen LogP contribution in [0, 0.1) is 7.05 Å². The number of para-hydroxylation sites is 1. The summed E-state index contributed by atoms with van der Waals surface area (Å²) >= 11 is 0. The van der Waals surface area contributed by atoms with Gasteiger partial charge >= 0.3 is 0 Å². The molecule has 0 saturated carbocycles. The summed E-state index contributed by atoms with van der Waals surface area (Å²) in [5.41, 5.74) is 2.57. The zero-order valence-electron chi connectivity index (χ0n) is 6.33. The predicted molar refractivity (Wildman–Crippen MR) is 47.1 cm³/mol. The molecule has 1 aromatic carbocycles. The minimum atomic E-state index is 1.03. The highest BCUT2D eigenvalue weighted by atomic mass is 15.1. The van der Waals surface area contributed by atoms with E-state index in [9.17, 15) is 0 Å². The van der Waals surface area contributed by atoms with Crippen molar-refractivity contribution >= 4 is 5.69 Å². The topological polar surface area (TPSA) is 3.24 Å². The van der Waals surface area contributed by atoms with Gasteiger partial charge in [0.25, 0.3) is 0 Å². The molecule has 1 aliphatic rings. The number of rotatable bonds is 0. The van der Waals surface area contributed by atoms with Crippen molar-refractivity contribution in [2.45, 2.75) is 6.42 Å². The Kier molecular flexibility index (Phi) is 1.42. The van der Waals surface area contributed by atoms with Gasteiger partial charge in [0.1, 0.15) is 0 Å². The number of fused-ring (bicyclic) bond motifs is 1. The largest absolute Gasteiger partial charge is 0.346 e. The van der Waals surface area contributed by atoms with Gasteiger partial charge in [0.05, 0.1) is 0 Å². The van der Waals surface area contributed by atoms with Gasteiger partial charge in [-0.05, 0) is 18.1 Å². The van der Waals surface area contributed by atoms with Crippen LogP contribution in [0.4, 0.5) is 5.69 Å². The maximum absolute atomic E-state index is 3.89. The number of nitrogens with zero attached hydrogens (tertiary/aromatic N) is 1. The minimum absolute atomic E-state index is 1.03. The van der Waals surface area contributed by atoms with Crippen LogP contribution in [0.3, 0.4) is 0 Å². The Hall–Kier alpha value is -1.24. The molecule has 0 bridgehead atoms. The van der Waals surface area contributed by atoms with E-state index >= 15 is 0 Å². The van der Waals surface area contributed by atoms with Crippen molar-refractivity contribution in [2.24, 2.45) is 0 Å². The average Bonchev–Trinajstić information content (AvgIpc) is 2.06. The van der Waals surface area contributed by atoms with Crippen molar-refractivity contribution < 1.29 is 0 Å². The number of allylic oxidation sites excluding steroid dienone is 1. The molecule has 0 unspecified atom stereocenters. The van der Waals surface area contributed by atoms with Crippen LogP contribution in [0.2, 0.25) is 0 Å². The fraction of sp³-hybridized carbons (Fsp3) is 0.100. The fourth-order valence-corrected chi connectivity index (χ4v) is 1.35. The predicted octanol–water partition coefficient (Wildman–Crippen LogP) is 2.35. The van der Waals surface area contributed by atoms with Gasteiger partial charge in [-0.3, -0.25) is 0 Å². The van der Waals surface area contributed by atoms with Crippen molar-refractivity contribution in [3.05, 3.63) is 49.2 Å². The van der Waals surface area contributed by atoms with Gasteiger partial charge in [0.15, 0.2) is 0 Å². The van der Waals surface area contributed by atoms with Gasteiger partial charge in [-0.2, -0.15) is 0 Å². The van der Waals surface area contributed by atoms with Crippen LogP contribution in [-0.2, 0) is 6.42 Å². The molecule has 55 valence electrons. The molecule has 0 aromatic heterocycles. The van der Waals surface area contributed by atoms with E-state index in [1.807, 2.05) is 17.2 Å². The molecule has 1 nitrogen and oxygen atoms in total. The highest BCUT2D eigenvalue weighted by Crippen LogP contribution is 2.23. The molecule has 0 atom stereocenters. The first-order valence-corrected chi connectivity index (χ1v) is 3.72. The lowest BCUT2D eigenvalue weighted by Gasteiger charge is -2.21. The first kappa shape index (κ1) is 6.47. The highest BCUT2D eigenvalue weighted by molar-refractivity contribution is 5.58. The Morgan fingerprint density at radius 1 is 1.27 bits per heavy atom. The van der Waals surface area contributed by atoms with Crippen LogP contribution in [0.1, 0.15) is 5.56 Å². The number of hydrogen-bond acceptors (Lipinski definition) is 1. The molecule has 1 radical (unpaired) electrons. The number of benzene rings is 1. The lowest BCUT2D eigenvalue weighted by molar-refractivity contribution is 1.13. The summed E-state index contributed by atoms with van der Waals surface area (Å²) < 4.78 is 0. The number of anilines is 1. The minimum Gasteiger partial charge on any atom is -0.346 e. The van der Waals surface area contributed by atoms with E-state index < -0.39 is 0 Å². The van der Waals surface area contributed by atoms with Crippen LogP contribution in [0.25, 0.3) is 0 Å². The normalized spacial score (nSPS) is 14.8. The van der Waals surface area contributed by atoms with Gasteiger partial charge in [-0.1, -0.05) is 24.3 Å². The van der Waals surface area contributed by atoms with Gasteiger partial charge in [-0.15, -0.1) is 0 Å². The monoisotopic (exact) mass is 144 g/mol. The van der Waals surface area contributed by atoms with Crippen LogP contribution in [0.5, 0.6) is 0 Å². The standard InChI is InChI=1S/C10H10N/c1-11-8-4-6-9-5-2-3-7-10(9)11/h2-5,7-8H,1,6H2. The fourth-order valence-electron chi connectivity index (χ4n) is 1.35. The van der Waals surface area contributed by atoms with Crippen molar-refractivity contribution in [3.8, 4) is 0 Å². The van der Waals surface area contributed by atoms with Crippen LogP contribution in [0.15, 0.2) is 36.5 Å². The molecule has 0 saturated heterocycles. The molecule has 1 aromatic rings. The lowest BCUT2D eigenvalue weighted by atomic mass is 10.1. The molecule has 0 spiro atoms. The third-order valence-corrected chi connectivity index (χ3v) is 1.92. The SMILES string of the molecule is [CH2]N1C=CCc2ccccc21. The van der Waals surface area contributed by atoms with E-state index in [1.165, 1.54) is 11.3 Å². The molecule has 0 fully saturated rings. The van der Waals surface area contributed by atoms with Gasteiger partial charge in [-0.25, -0.2) is 0 Å². The Labute approximate surface area is 67.0 Å². The quantitative estimate of drug-likeness (QED) is 0.540. The molecule has 0 aliphatic carbocycles. The van der Waals surface area contributed by atoms with E-state index in [2.05, 4.69) is 31.3 Å². The van der Waals surface area contributed by atoms with E-state index in [1.54, 1.807) is 0 Å². The van der Waals surface area contributed by atoms with Crippen LogP contribution in [-0.4, -0.2) is 0 Å². The molecule has 0 N–H and O–H groups in total. The molecule has 1 aliphatic heterocycles. The van der Waals surface area contributed by atoms with Crippen molar-refractivity contribution in [3.63, 3.8) is 0 Å². The van der Waals surface area contributed by atoms with E-state index in [-0.39, 0.29) is 0 Å². The third-order valence-electron chi connectivity index (χ3n) is 1.92. The molecular weight excluding hydrogens is 134 g/mol. The summed E-state index contributed by atoms with van der Waals surface area (Å²) in [7, 11) is 3.89. The Morgan fingerprint density at radius 3 is 2.91 bits per heavy atom. The zero-order valence-corrected chi connectivity index (χ0v) is 6.33. The van der Waals surface area contributed by atoms with Crippen molar-refractivity contribution in [1.82, 2.24) is 0 Å². The second kappa shape index (κ2) is 2.42. The van der Waals surface area contributed by atoms with Crippen LogP contribution >= 0.6 is 0 Å². The Balaban J connectivity index is 2.50. The summed E-state index contributed by atoms with van der Waals surface area (Å²) in [5.74, 6) is 0. The van der Waals surface area contributed by atoms with Gasteiger partial charge < -0.3 is 4.90 Å². The van der Waals surface area contributed by atoms with Gasteiger partial charge in [0, 0.05) is 18.9 Å². The molecule has 2 rings (SSSR count). The first-order valence-electron chi connectivity index (χ1n) is 3.72. The summed E-state index contributed by atoms with van der Waals surface area (Å²) in [4.78, 5) is 1.90. The van der Waals surface area contributed by atoms with E-state index in [0.717, 1.165) is 6.42 Å². The molecular formula is C10H10N. The Morgan fingerprint density at radius 2 is 2.09 bits per heavy atom. The van der Waals surface area contributed by atoms with Crippen molar-refractivity contribution in [1.29, 1.82) is 0 Å². The zero-order chi connectivity index (χ0) is 7.68. The summed E-state index contributed by atoms with van der Waals surface area (Å²) in [5, 5.41) is 0.